The van der Waals surface area contributed by atoms with E-state index >= 15 is 0 Å². The van der Waals surface area contributed by atoms with Gasteiger partial charge in [-0.25, -0.2) is 4.98 Å². The third-order valence-electron chi connectivity index (χ3n) is 3.27. The number of carbonyl (C=O) groups excluding carboxylic acids is 1. The molecule has 0 fully saturated rings. The van der Waals surface area contributed by atoms with E-state index in [0.717, 1.165) is 11.4 Å². The summed E-state index contributed by atoms with van der Waals surface area (Å²) in [4.78, 5) is 26.7. The zero-order valence-corrected chi connectivity index (χ0v) is 13.8. The number of carbonyl (C=O) groups is 1. The summed E-state index contributed by atoms with van der Waals surface area (Å²) in [6.07, 6.45) is 2.41. The molecule has 0 saturated heterocycles. The van der Waals surface area contributed by atoms with Crippen LogP contribution in [0, 0.1) is 17.0 Å². The first-order valence-electron chi connectivity index (χ1n) is 7.36. The Bertz CT molecular complexity index is 735. The molecule has 1 aromatic carbocycles. The Hall–Kier alpha value is -2.67. The van der Waals surface area contributed by atoms with Crippen LogP contribution in [-0.2, 0) is 0 Å². The number of benzene rings is 1. The Balaban J connectivity index is 1.82. The molecule has 0 unspecified atom stereocenters. The molecular formula is C16H17ClN4O3. The standard InChI is InChI=1S/C16H17ClN4O3/c1-11-6-7-14(20-10-11)18-8-3-9-19-16(22)12-4-2-5-13(17)15(12)21(23)24/h2,4-7,10H,3,8-9H2,1H3,(H,18,20)(H,19,22). The third-order valence-corrected chi connectivity index (χ3v) is 3.58. The Kier molecular flexibility index (Phi) is 6.08. The number of nitro groups is 1. The molecule has 2 aromatic rings. The maximum Gasteiger partial charge on any atom is 0.300 e. The predicted molar refractivity (Wildman–Crippen MR) is 92.5 cm³/mol. The van der Waals surface area contributed by atoms with Gasteiger partial charge in [0.2, 0.25) is 0 Å². The number of aromatic nitrogens is 1. The lowest BCUT2D eigenvalue weighted by Gasteiger charge is -2.08. The average molecular weight is 349 g/mol. The summed E-state index contributed by atoms with van der Waals surface area (Å²) in [6.45, 7) is 2.96. The van der Waals surface area contributed by atoms with Crippen molar-refractivity contribution < 1.29 is 9.72 Å². The number of pyridine rings is 1. The Morgan fingerprint density at radius 2 is 2.08 bits per heavy atom. The normalized spacial score (nSPS) is 10.2. The molecule has 0 spiro atoms. The van der Waals surface area contributed by atoms with Gasteiger partial charge >= 0.3 is 5.69 Å². The van der Waals surface area contributed by atoms with Crippen molar-refractivity contribution >= 4 is 29.0 Å². The van der Waals surface area contributed by atoms with Crippen molar-refractivity contribution in [3.63, 3.8) is 0 Å². The molecule has 0 radical (unpaired) electrons. The summed E-state index contributed by atoms with van der Waals surface area (Å²) in [5.74, 6) is 0.245. The van der Waals surface area contributed by atoms with Crippen molar-refractivity contribution in [3.05, 3.63) is 62.8 Å². The molecule has 1 amide bonds. The molecule has 0 atom stereocenters. The van der Waals surface area contributed by atoms with E-state index in [1.165, 1.54) is 18.2 Å². The maximum absolute atomic E-state index is 12.1. The molecule has 24 heavy (non-hydrogen) atoms. The predicted octanol–water partition coefficient (Wildman–Crippen LogP) is 3.18. The lowest BCUT2D eigenvalue weighted by atomic mass is 10.1. The van der Waals surface area contributed by atoms with Crippen molar-refractivity contribution in [1.82, 2.24) is 10.3 Å². The molecule has 0 aliphatic heterocycles. The SMILES string of the molecule is Cc1ccc(NCCCNC(=O)c2cccc(Cl)c2[N+](=O)[O-])nc1. The van der Waals surface area contributed by atoms with E-state index in [2.05, 4.69) is 15.6 Å². The average Bonchev–Trinajstić information content (AvgIpc) is 2.55. The van der Waals surface area contributed by atoms with E-state index in [0.29, 0.717) is 19.5 Å². The van der Waals surface area contributed by atoms with Gasteiger partial charge in [-0.1, -0.05) is 23.7 Å². The quantitative estimate of drug-likeness (QED) is 0.455. The van der Waals surface area contributed by atoms with E-state index in [-0.39, 0.29) is 16.3 Å². The van der Waals surface area contributed by atoms with Crippen molar-refractivity contribution in [2.75, 3.05) is 18.4 Å². The van der Waals surface area contributed by atoms with Crippen LogP contribution in [0.1, 0.15) is 22.3 Å². The molecule has 2 rings (SSSR count). The van der Waals surface area contributed by atoms with E-state index < -0.39 is 10.8 Å². The van der Waals surface area contributed by atoms with Crippen LogP contribution in [0.2, 0.25) is 5.02 Å². The number of para-hydroxylation sites is 1. The van der Waals surface area contributed by atoms with E-state index in [9.17, 15) is 14.9 Å². The fourth-order valence-electron chi connectivity index (χ4n) is 2.06. The molecule has 1 heterocycles. The molecule has 0 aliphatic rings. The fourth-order valence-corrected chi connectivity index (χ4v) is 2.30. The fraction of sp³-hybridized carbons (Fsp3) is 0.250. The van der Waals surface area contributed by atoms with Gasteiger partial charge in [-0.3, -0.25) is 14.9 Å². The summed E-state index contributed by atoms with van der Waals surface area (Å²) < 4.78 is 0. The highest BCUT2D eigenvalue weighted by molar-refractivity contribution is 6.33. The van der Waals surface area contributed by atoms with Gasteiger partial charge in [0.25, 0.3) is 5.91 Å². The highest BCUT2D eigenvalue weighted by Crippen LogP contribution is 2.27. The molecule has 8 heteroatoms. The van der Waals surface area contributed by atoms with Gasteiger partial charge < -0.3 is 10.6 Å². The molecule has 0 saturated carbocycles. The highest BCUT2D eigenvalue weighted by Gasteiger charge is 2.23. The molecular weight excluding hydrogens is 332 g/mol. The molecule has 1 aromatic heterocycles. The second-order valence-corrected chi connectivity index (χ2v) is 5.56. The number of rotatable bonds is 7. The lowest BCUT2D eigenvalue weighted by molar-refractivity contribution is -0.385. The largest absolute Gasteiger partial charge is 0.370 e. The number of aryl methyl sites for hydroxylation is 1. The van der Waals surface area contributed by atoms with Crippen LogP contribution < -0.4 is 10.6 Å². The first-order valence-corrected chi connectivity index (χ1v) is 7.74. The minimum atomic E-state index is -0.651. The van der Waals surface area contributed by atoms with Gasteiger partial charge in [-0.05, 0) is 37.1 Å². The van der Waals surface area contributed by atoms with E-state index in [1.807, 2.05) is 19.1 Å². The number of amides is 1. The zero-order chi connectivity index (χ0) is 17.5. The van der Waals surface area contributed by atoms with E-state index in [1.54, 1.807) is 6.20 Å². The smallest absolute Gasteiger partial charge is 0.300 e. The first kappa shape index (κ1) is 17.7. The number of nitro benzene ring substituents is 1. The highest BCUT2D eigenvalue weighted by atomic mass is 35.5. The molecule has 2 N–H and O–H groups in total. The topological polar surface area (TPSA) is 97.2 Å². The van der Waals surface area contributed by atoms with Crippen molar-refractivity contribution in [2.45, 2.75) is 13.3 Å². The Labute approximate surface area is 144 Å². The molecule has 0 aliphatic carbocycles. The number of nitrogens with zero attached hydrogens (tertiary/aromatic N) is 2. The summed E-state index contributed by atoms with van der Waals surface area (Å²) >= 11 is 5.79. The summed E-state index contributed by atoms with van der Waals surface area (Å²) in [7, 11) is 0. The van der Waals surface area contributed by atoms with Gasteiger partial charge in [0.05, 0.1) is 4.92 Å². The Morgan fingerprint density at radius 1 is 1.29 bits per heavy atom. The molecule has 126 valence electrons. The number of hydrogen-bond donors (Lipinski definition) is 2. The number of halogens is 1. The second-order valence-electron chi connectivity index (χ2n) is 5.15. The number of nitrogens with one attached hydrogen (secondary N) is 2. The van der Waals surface area contributed by atoms with Crippen LogP contribution in [0.25, 0.3) is 0 Å². The van der Waals surface area contributed by atoms with Crippen LogP contribution in [0.4, 0.5) is 11.5 Å². The van der Waals surface area contributed by atoms with Gasteiger partial charge in [-0.15, -0.1) is 0 Å². The van der Waals surface area contributed by atoms with Gasteiger partial charge in [0.15, 0.2) is 0 Å². The van der Waals surface area contributed by atoms with Crippen molar-refractivity contribution in [3.8, 4) is 0 Å². The van der Waals surface area contributed by atoms with Gasteiger partial charge in [-0.2, -0.15) is 0 Å². The van der Waals surface area contributed by atoms with Gasteiger partial charge in [0.1, 0.15) is 16.4 Å². The maximum atomic E-state index is 12.1. The van der Waals surface area contributed by atoms with Crippen LogP contribution in [0.15, 0.2) is 36.5 Å². The number of hydrogen-bond acceptors (Lipinski definition) is 5. The van der Waals surface area contributed by atoms with Gasteiger partial charge in [0, 0.05) is 19.3 Å². The lowest BCUT2D eigenvalue weighted by Crippen LogP contribution is -2.26. The zero-order valence-electron chi connectivity index (χ0n) is 13.1. The third kappa shape index (κ3) is 4.66. The van der Waals surface area contributed by atoms with Crippen molar-refractivity contribution in [1.29, 1.82) is 0 Å². The van der Waals surface area contributed by atoms with Crippen LogP contribution in [0.5, 0.6) is 0 Å². The van der Waals surface area contributed by atoms with E-state index in [4.69, 9.17) is 11.6 Å². The van der Waals surface area contributed by atoms with Crippen LogP contribution in [-0.4, -0.2) is 28.9 Å². The minimum absolute atomic E-state index is 0.0411. The second kappa shape index (κ2) is 8.26. The minimum Gasteiger partial charge on any atom is -0.370 e. The molecule has 0 bridgehead atoms. The summed E-state index contributed by atoms with van der Waals surface area (Å²) in [5, 5.41) is 16.8. The monoisotopic (exact) mass is 348 g/mol. The van der Waals surface area contributed by atoms with Crippen LogP contribution in [0.3, 0.4) is 0 Å². The first-order chi connectivity index (χ1) is 11.5. The molecule has 7 nitrogen and oxygen atoms in total. The summed E-state index contributed by atoms with van der Waals surface area (Å²) in [6, 6.07) is 8.11. The number of anilines is 1. The van der Waals surface area contributed by atoms with Crippen molar-refractivity contribution in [2.24, 2.45) is 0 Å². The van der Waals surface area contributed by atoms with Crippen LogP contribution >= 0.6 is 11.6 Å². The summed E-state index contributed by atoms with van der Waals surface area (Å²) in [5.41, 5.74) is 0.662. The Morgan fingerprint density at radius 3 is 2.75 bits per heavy atom.